The summed E-state index contributed by atoms with van der Waals surface area (Å²) in [6.07, 6.45) is -4.62. The summed E-state index contributed by atoms with van der Waals surface area (Å²) in [7, 11) is 0. The van der Waals surface area contributed by atoms with Crippen LogP contribution >= 0.6 is 0 Å². The van der Waals surface area contributed by atoms with Crippen molar-refractivity contribution in [2.24, 2.45) is 11.5 Å². The van der Waals surface area contributed by atoms with E-state index < -0.39 is 23.7 Å². The summed E-state index contributed by atoms with van der Waals surface area (Å²) in [4.78, 5) is 27.1. The van der Waals surface area contributed by atoms with E-state index in [0.717, 1.165) is 10.8 Å². The molecule has 9 heteroatoms. The van der Waals surface area contributed by atoms with Gasteiger partial charge in [0.15, 0.2) is 0 Å². The number of aromatic nitrogens is 1. The fourth-order valence-corrected chi connectivity index (χ4v) is 2.70. The summed E-state index contributed by atoms with van der Waals surface area (Å²) in [6.45, 7) is 0. The third-order valence-electron chi connectivity index (χ3n) is 3.77. The highest BCUT2D eigenvalue weighted by Gasteiger charge is 2.35. The van der Waals surface area contributed by atoms with E-state index in [2.05, 4.69) is 0 Å². The van der Waals surface area contributed by atoms with Crippen molar-refractivity contribution in [3.63, 3.8) is 0 Å². The van der Waals surface area contributed by atoms with Gasteiger partial charge < -0.3 is 16.3 Å². The van der Waals surface area contributed by atoms with Crippen molar-refractivity contribution in [1.29, 1.82) is 0 Å². The average Bonchev–Trinajstić information content (AvgIpc) is 2.91. The fourth-order valence-electron chi connectivity index (χ4n) is 2.70. The Bertz CT molecular complexity index is 1030. The first kappa shape index (κ1) is 17.3. The minimum Gasteiger partial charge on any atom is -0.366 e. The normalized spacial score (nSPS) is 11.5. The summed E-state index contributed by atoms with van der Waals surface area (Å²) in [5, 5.41) is 0.408. The number of nitrogens with zero attached hydrogens (tertiary/aromatic N) is 1. The molecule has 0 aliphatic carbocycles. The second-order valence-corrected chi connectivity index (χ2v) is 5.42. The molecule has 2 amide bonds. The Morgan fingerprint density at radius 1 is 1.00 bits per heavy atom. The molecular weight excluding hydrogens is 351 g/mol. The fraction of sp³-hybridized carbons (Fsp3) is 0.0588. The summed E-state index contributed by atoms with van der Waals surface area (Å²) >= 11 is 0. The van der Waals surface area contributed by atoms with Crippen LogP contribution in [0.2, 0.25) is 0 Å². The van der Waals surface area contributed by atoms with Crippen LogP contribution in [0.4, 0.5) is 18.0 Å². The molecule has 0 radical (unpaired) electrons. The molecule has 26 heavy (non-hydrogen) atoms. The van der Waals surface area contributed by atoms with Gasteiger partial charge in [0.05, 0.1) is 17.3 Å². The van der Waals surface area contributed by atoms with Gasteiger partial charge in [0, 0.05) is 16.5 Å². The monoisotopic (exact) mass is 363 g/mol. The van der Waals surface area contributed by atoms with E-state index in [0.29, 0.717) is 17.0 Å². The molecule has 0 unspecified atom stereocenters. The molecular formula is C17H12F3N3O3. The maximum Gasteiger partial charge on any atom is 0.429 e. The molecule has 3 aromatic rings. The average molecular weight is 363 g/mol. The number of nitrogens with two attached hydrogens (primary N) is 2. The van der Waals surface area contributed by atoms with E-state index in [9.17, 15) is 22.8 Å². The first-order valence-electron chi connectivity index (χ1n) is 7.28. The van der Waals surface area contributed by atoms with Crippen molar-refractivity contribution < 1.29 is 27.6 Å². The Kier molecular flexibility index (Phi) is 4.07. The summed E-state index contributed by atoms with van der Waals surface area (Å²) < 4.78 is 41.6. The van der Waals surface area contributed by atoms with Crippen molar-refractivity contribution in [3.05, 3.63) is 59.8 Å². The van der Waals surface area contributed by atoms with E-state index in [4.69, 9.17) is 16.3 Å². The number of para-hydroxylation sites is 1. The number of fused-ring (bicyclic) bond motifs is 1. The highest BCUT2D eigenvalue weighted by atomic mass is 19.4. The van der Waals surface area contributed by atoms with Crippen LogP contribution in [0.15, 0.2) is 48.7 Å². The minimum absolute atomic E-state index is 0.158. The van der Waals surface area contributed by atoms with Gasteiger partial charge in [-0.2, -0.15) is 17.9 Å². The number of carbonyl (C=O) groups excluding carboxylic acids is 2. The molecule has 0 saturated heterocycles. The van der Waals surface area contributed by atoms with E-state index in [1.807, 2.05) is 0 Å². The number of rotatable bonds is 3. The van der Waals surface area contributed by atoms with Gasteiger partial charge in [-0.15, -0.1) is 0 Å². The van der Waals surface area contributed by atoms with Crippen LogP contribution in [0, 0.1) is 0 Å². The Labute approximate surface area is 144 Å². The number of halogens is 3. The molecule has 1 heterocycles. The van der Waals surface area contributed by atoms with Gasteiger partial charge in [0.25, 0.3) is 0 Å². The molecule has 6 nitrogen and oxygen atoms in total. The van der Waals surface area contributed by atoms with Crippen molar-refractivity contribution >= 4 is 22.9 Å². The third kappa shape index (κ3) is 3.06. The zero-order chi connectivity index (χ0) is 19.1. The number of amides is 2. The lowest BCUT2D eigenvalue weighted by Gasteiger charge is -2.13. The summed E-state index contributed by atoms with van der Waals surface area (Å²) in [6, 6.07) is 9.45. The van der Waals surface area contributed by atoms with E-state index in [-0.39, 0.29) is 16.7 Å². The third-order valence-corrected chi connectivity index (χ3v) is 3.77. The van der Waals surface area contributed by atoms with Crippen molar-refractivity contribution in [2.75, 3.05) is 0 Å². The molecule has 4 N–H and O–H groups in total. The van der Waals surface area contributed by atoms with Crippen LogP contribution < -0.4 is 16.3 Å². The lowest BCUT2D eigenvalue weighted by atomic mass is 9.96. The minimum atomic E-state index is -4.73. The number of hydrogen-bond acceptors (Lipinski definition) is 3. The molecule has 0 bridgehead atoms. The molecule has 1 aromatic heterocycles. The summed E-state index contributed by atoms with van der Waals surface area (Å²) in [5.41, 5.74) is 9.11. The molecule has 0 fully saturated rings. The molecule has 0 saturated carbocycles. The van der Waals surface area contributed by atoms with Crippen molar-refractivity contribution in [1.82, 2.24) is 4.73 Å². The van der Waals surface area contributed by atoms with Crippen molar-refractivity contribution in [3.8, 4) is 11.1 Å². The Hall–Kier alpha value is -3.49. The Morgan fingerprint density at radius 2 is 1.69 bits per heavy atom. The summed E-state index contributed by atoms with van der Waals surface area (Å²) in [5.74, 6) is -0.971. The molecule has 134 valence electrons. The second-order valence-electron chi connectivity index (χ2n) is 5.42. The number of primary amides is 2. The van der Waals surface area contributed by atoms with Crippen LogP contribution in [0.5, 0.6) is 0 Å². The van der Waals surface area contributed by atoms with Gasteiger partial charge in [0.2, 0.25) is 5.91 Å². The number of benzene rings is 2. The molecule has 3 rings (SSSR count). The lowest BCUT2D eigenvalue weighted by molar-refractivity contribution is -0.137. The molecule has 0 spiro atoms. The van der Waals surface area contributed by atoms with Crippen LogP contribution in [-0.2, 0) is 6.18 Å². The van der Waals surface area contributed by atoms with Crippen LogP contribution in [0.25, 0.3) is 22.0 Å². The zero-order valence-corrected chi connectivity index (χ0v) is 13.1. The van der Waals surface area contributed by atoms with Crippen molar-refractivity contribution in [2.45, 2.75) is 6.18 Å². The second kappa shape index (κ2) is 6.10. The number of alkyl halides is 3. The van der Waals surface area contributed by atoms with Gasteiger partial charge >= 0.3 is 12.3 Å². The van der Waals surface area contributed by atoms with E-state index in [1.54, 1.807) is 24.3 Å². The predicted octanol–water partition coefficient (Wildman–Crippen LogP) is 2.93. The topological polar surface area (TPSA) is 100 Å². The largest absolute Gasteiger partial charge is 0.429 e. The van der Waals surface area contributed by atoms with Gasteiger partial charge in [-0.3, -0.25) is 4.79 Å². The highest BCUT2D eigenvalue weighted by molar-refractivity contribution is 5.99. The maximum absolute atomic E-state index is 13.5. The van der Waals surface area contributed by atoms with E-state index in [1.165, 1.54) is 12.3 Å². The predicted molar refractivity (Wildman–Crippen MR) is 87.1 cm³/mol. The van der Waals surface area contributed by atoms with Gasteiger partial charge in [-0.05, 0) is 23.8 Å². The first-order valence-corrected chi connectivity index (χ1v) is 7.28. The Balaban J connectivity index is 2.30. The maximum atomic E-state index is 13.5. The smallest absolute Gasteiger partial charge is 0.366 e. The van der Waals surface area contributed by atoms with Gasteiger partial charge in [0.1, 0.15) is 0 Å². The highest BCUT2D eigenvalue weighted by Crippen LogP contribution is 2.40. The molecule has 0 aliphatic heterocycles. The molecule has 2 aromatic carbocycles. The SMILES string of the molecule is NC(=O)On1cc(-c2ccc(C(N)=O)cc2C(F)(F)F)c2ccccc21. The Morgan fingerprint density at radius 3 is 2.31 bits per heavy atom. The molecule has 0 atom stereocenters. The van der Waals surface area contributed by atoms with Crippen LogP contribution in [0.3, 0.4) is 0 Å². The number of carbonyl (C=O) groups is 2. The quantitative estimate of drug-likeness (QED) is 0.748. The van der Waals surface area contributed by atoms with Gasteiger partial charge in [-0.1, -0.05) is 24.3 Å². The number of hydrogen-bond donors (Lipinski definition) is 2. The standard InChI is InChI=1S/C17H12F3N3O3/c18-17(19,20)13-7-9(15(21)24)5-6-10(13)12-8-23(26-16(22)25)14-4-2-1-3-11(12)14/h1-8H,(H2,21,24)(H2,22,25). The van der Waals surface area contributed by atoms with Crippen LogP contribution in [0.1, 0.15) is 15.9 Å². The van der Waals surface area contributed by atoms with E-state index >= 15 is 0 Å². The van der Waals surface area contributed by atoms with Crippen LogP contribution in [-0.4, -0.2) is 16.7 Å². The molecule has 0 aliphatic rings. The van der Waals surface area contributed by atoms with Gasteiger partial charge in [-0.25, -0.2) is 4.79 Å². The lowest BCUT2D eigenvalue weighted by Crippen LogP contribution is -2.24. The zero-order valence-electron chi connectivity index (χ0n) is 13.1. The first-order chi connectivity index (χ1) is 12.2.